The predicted molar refractivity (Wildman–Crippen MR) is 94.9 cm³/mol. The Bertz CT molecular complexity index is 732. The molecule has 2 heterocycles. The molecule has 4 nitrogen and oxygen atoms in total. The van der Waals surface area contributed by atoms with Gasteiger partial charge in [-0.2, -0.15) is 0 Å². The molecule has 1 aliphatic heterocycles. The van der Waals surface area contributed by atoms with E-state index in [1.54, 1.807) is 34.4 Å². The smallest absolute Gasteiger partial charge is 0.259 e. The van der Waals surface area contributed by atoms with Crippen LogP contribution in [-0.2, 0) is 13.0 Å². The first kappa shape index (κ1) is 16.7. The fraction of sp³-hybridized carbons (Fsp3) is 0.375. The monoisotopic (exact) mass is 370 g/mol. The molecule has 1 unspecified atom stereocenters. The van der Waals surface area contributed by atoms with Crippen LogP contribution in [0.4, 0.5) is 5.13 Å². The van der Waals surface area contributed by atoms with Crippen molar-refractivity contribution in [3.8, 4) is 0 Å². The molecule has 122 valence electrons. The lowest BCUT2D eigenvalue weighted by Gasteiger charge is -2.22. The molecule has 1 aromatic carbocycles. The quantitative estimate of drug-likeness (QED) is 0.868. The second-order valence-electron chi connectivity index (χ2n) is 5.64. The number of rotatable bonds is 4. The molecule has 1 aliphatic rings. The molecule has 0 saturated carbocycles. The number of carbonyl (C=O) groups is 1. The topological polar surface area (TPSA) is 46.4 Å². The number of hydrogen-bond acceptors (Lipinski definition) is 3. The molecule has 3 rings (SSSR count). The first-order valence-corrected chi connectivity index (χ1v) is 9.22. The van der Waals surface area contributed by atoms with E-state index in [1.165, 1.54) is 17.8 Å². The van der Waals surface area contributed by atoms with Crippen LogP contribution in [-0.4, -0.2) is 24.0 Å². The van der Waals surface area contributed by atoms with Crippen molar-refractivity contribution in [1.82, 2.24) is 4.98 Å². The Balaban J connectivity index is 1.74. The van der Waals surface area contributed by atoms with Crippen LogP contribution in [0.15, 0.2) is 18.2 Å². The van der Waals surface area contributed by atoms with E-state index in [-0.39, 0.29) is 5.91 Å². The number of thiazole rings is 1. The number of aromatic nitrogens is 1. The summed E-state index contributed by atoms with van der Waals surface area (Å²) in [6.07, 6.45) is 2.15. The second kappa shape index (κ2) is 7.18. The van der Waals surface area contributed by atoms with Crippen LogP contribution in [0.3, 0.4) is 0 Å². The SMILES string of the molecule is CCC[NH+]1CCc2nc(NC(=O)c3cc(Cl)ccc3Cl)sc2C1. The van der Waals surface area contributed by atoms with Gasteiger partial charge in [0.2, 0.25) is 0 Å². The Morgan fingerprint density at radius 2 is 2.26 bits per heavy atom. The van der Waals surface area contributed by atoms with E-state index in [4.69, 9.17) is 23.2 Å². The van der Waals surface area contributed by atoms with Crippen LogP contribution in [0.25, 0.3) is 0 Å². The number of nitrogens with zero attached hydrogens (tertiary/aromatic N) is 1. The minimum absolute atomic E-state index is 0.277. The Labute approximate surface area is 149 Å². The molecule has 7 heteroatoms. The largest absolute Gasteiger partial charge is 0.330 e. The highest BCUT2D eigenvalue weighted by Gasteiger charge is 2.24. The lowest BCUT2D eigenvalue weighted by molar-refractivity contribution is -0.915. The zero-order valence-corrected chi connectivity index (χ0v) is 15.1. The Morgan fingerprint density at radius 3 is 3.04 bits per heavy atom. The molecule has 0 fully saturated rings. The Kier molecular flexibility index (Phi) is 5.21. The zero-order valence-electron chi connectivity index (χ0n) is 12.8. The van der Waals surface area contributed by atoms with Crippen molar-refractivity contribution in [1.29, 1.82) is 0 Å². The summed E-state index contributed by atoms with van der Waals surface area (Å²) in [5, 5.41) is 4.34. The number of carbonyl (C=O) groups excluding carboxylic acids is 1. The lowest BCUT2D eigenvalue weighted by Crippen LogP contribution is -3.11. The number of nitrogens with one attached hydrogen (secondary N) is 2. The first-order valence-electron chi connectivity index (χ1n) is 7.65. The number of benzene rings is 1. The number of halogens is 2. The number of fused-ring (bicyclic) bond motifs is 1. The molecule has 0 saturated heterocycles. The summed E-state index contributed by atoms with van der Waals surface area (Å²) in [7, 11) is 0. The van der Waals surface area contributed by atoms with Crippen LogP contribution in [0, 0.1) is 0 Å². The third-order valence-corrected chi connectivity index (χ3v) is 5.48. The Morgan fingerprint density at radius 1 is 1.43 bits per heavy atom. The van der Waals surface area contributed by atoms with Crippen LogP contribution in [0.5, 0.6) is 0 Å². The van der Waals surface area contributed by atoms with Crippen molar-refractivity contribution in [3.05, 3.63) is 44.4 Å². The third kappa shape index (κ3) is 3.86. The minimum Gasteiger partial charge on any atom is -0.330 e. The molecule has 2 N–H and O–H groups in total. The fourth-order valence-electron chi connectivity index (χ4n) is 2.78. The molecule has 2 aromatic rings. The van der Waals surface area contributed by atoms with Gasteiger partial charge in [-0.25, -0.2) is 4.98 Å². The highest BCUT2D eigenvalue weighted by Crippen LogP contribution is 2.26. The normalized spacial score (nSPS) is 16.9. The molecule has 1 atom stereocenters. The van der Waals surface area contributed by atoms with Crippen molar-refractivity contribution in [3.63, 3.8) is 0 Å². The first-order chi connectivity index (χ1) is 11.1. The summed E-state index contributed by atoms with van der Waals surface area (Å²) in [4.78, 5) is 19.8. The Hall–Kier alpha value is -1.14. The van der Waals surface area contributed by atoms with E-state index in [1.807, 2.05) is 0 Å². The van der Waals surface area contributed by atoms with Crippen molar-refractivity contribution in [2.75, 3.05) is 18.4 Å². The average molecular weight is 371 g/mol. The third-order valence-electron chi connectivity index (χ3n) is 3.90. The van der Waals surface area contributed by atoms with E-state index in [0.29, 0.717) is 20.7 Å². The molecule has 0 aliphatic carbocycles. The predicted octanol–water partition coefficient (Wildman–Crippen LogP) is 3.05. The standard InChI is InChI=1S/C16H17Cl2N3OS/c1-2-6-21-7-5-13-14(9-21)23-16(19-13)20-15(22)11-8-10(17)3-4-12(11)18/h3-4,8H,2,5-7,9H2,1H3,(H,19,20,22)/p+1. The van der Waals surface area contributed by atoms with Crippen LogP contribution in [0.1, 0.15) is 34.3 Å². The van der Waals surface area contributed by atoms with Crippen LogP contribution >= 0.6 is 34.5 Å². The molecule has 0 radical (unpaired) electrons. The number of quaternary nitrogens is 1. The maximum absolute atomic E-state index is 12.4. The van der Waals surface area contributed by atoms with Crippen molar-refractivity contribution >= 4 is 45.6 Å². The lowest BCUT2D eigenvalue weighted by atomic mass is 10.2. The molecule has 1 amide bonds. The number of anilines is 1. The van der Waals surface area contributed by atoms with Gasteiger partial charge in [-0.05, 0) is 24.6 Å². The van der Waals surface area contributed by atoms with Gasteiger partial charge in [0.15, 0.2) is 5.13 Å². The summed E-state index contributed by atoms with van der Waals surface area (Å²) in [5.41, 5.74) is 1.48. The van der Waals surface area contributed by atoms with Gasteiger partial charge < -0.3 is 4.90 Å². The molecule has 1 aromatic heterocycles. The van der Waals surface area contributed by atoms with Gasteiger partial charge in [-0.1, -0.05) is 41.5 Å². The summed E-state index contributed by atoms with van der Waals surface area (Å²) < 4.78 is 0. The van der Waals surface area contributed by atoms with Gasteiger partial charge in [-0.3, -0.25) is 10.1 Å². The van der Waals surface area contributed by atoms with Gasteiger partial charge in [-0.15, -0.1) is 0 Å². The van der Waals surface area contributed by atoms with Gasteiger partial charge in [0.05, 0.1) is 34.2 Å². The van der Waals surface area contributed by atoms with Gasteiger partial charge in [0, 0.05) is 11.4 Å². The number of hydrogen-bond donors (Lipinski definition) is 2. The average Bonchev–Trinajstić information content (AvgIpc) is 2.91. The summed E-state index contributed by atoms with van der Waals surface area (Å²) in [6, 6.07) is 4.85. The van der Waals surface area contributed by atoms with E-state index < -0.39 is 0 Å². The maximum Gasteiger partial charge on any atom is 0.259 e. The molecule has 23 heavy (non-hydrogen) atoms. The van der Waals surface area contributed by atoms with Crippen molar-refractivity contribution < 1.29 is 9.69 Å². The highest BCUT2D eigenvalue weighted by atomic mass is 35.5. The van der Waals surface area contributed by atoms with Crippen LogP contribution < -0.4 is 10.2 Å². The molecule has 0 bridgehead atoms. The summed E-state index contributed by atoms with van der Waals surface area (Å²) in [6.45, 7) is 5.49. The second-order valence-corrected chi connectivity index (χ2v) is 7.57. The van der Waals surface area contributed by atoms with E-state index in [0.717, 1.165) is 25.2 Å². The van der Waals surface area contributed by atoms with Gasteiger partial charge in [0.25, 0.3) is 5.91 Å². The van der Waals surface area contributed by atoms with Gasteiger partial charge >= 0.3 is 0 Å². The van der Waals surface area contributed by atoms with E-state index in [2.05, 4.69) is 17.2 Å². The molecule has 0 spiro atoms. The van der Waals surface area contributed by atoms with E-state index >= 15 is 0 Å². The van der Waals surface area contributed by atoms with Crippen LogP contribution in [0.2, 0.25) is 10.0 Å². The summed E-state index contributed by atoms with van der Waals surface area (Å²) >= 11 is 13.6. The molecular formula is C16H18Cl2N3OS+. The summed E-state index contributed by atoms with van der Waals surface area (Å²) in [5.74, 6) is -0.277. The minimum atomic E-state index is -0.277. The highest BCUT2D eigenvalue weighted by molar-refractivity contribution is 7.15. The fourth-order valence-corrected chi connectivity index (χ4v) is 4.23. The maximum atomic E-state index is 12.4. The van der Waals surface area contributed by atoms with Gasteiger partial charge in [0.1, 0.15) is 6.54 Å². The molecular weight excluding hydrogens is 353 g/mol. The number of amides is 1. The van der Waals surface area contributed by atoms with E-state index in [9.17, 15) is 4.79 Å². The van der Waals surface area contributed by atoms with Crippen molar-refractivity contribution in [2.45, 2.75) is 26.3 Å². The van der Waals surface area contributed by atoms with Crippen molar-refractivity contribution in [2.24, 2.45) is 0 Å². The zero-order chi connectivity index (χ0) is 16.4.